The Kier molecular flexibility index (Phi) is 1.80. The Balaban J connectivity index is 2.45. The quantitative estimate of drug-likeness (QED) is 0.670. The van der Waals surface area contributed by atoms with Gasteiger partial charge < -0.3 is 0 Å². The summed E-state index contributed by atoms with van der Waals surface area (Å²) >= 11 is 5.71. The van der Waals surface area contributed by atoms with Crippen LogP contribution < -0.4 is 0 Å². The van der Waals surface area contributed by atoms with Gasteiger partial charge in [-0.05, 0) is 12.1 Å². The molecular weight excluding hydrogens is 174 g/mol. The second kappa shape index (κ2) is 2.95. The van der Waals surface area contributed by atoms with E-state index in [2.05, 4.69) is 10.1 Å². The van der Waals surface area contributed by atoms with E-state index < -0.39 is 0 Å². The first-order valence-corrected chi connectivity index (χ1v) is 3.84. The van der Waals surface area contributed by atoms with Crippen molar-refractivity contribution in [2.75, 3.05) is 0 Å². The molecule has 0 radical (unpaired) electrons. The van der Waals surface area contributed by atoms with Gasteiger partial charge in [-0.2, -0.15) is 5.10 Å². The zero-order valence-electron chi connectivity index (χ0n) is 6.18. The third kappa shape index (κ3) is 1.31. The maximum absolute atomic E-state index is 5.71. The number of pyridine rings is 1. The first kappa shape index (κ1) is 7.31. The summed E-state index contributed by atoms with van der Waals surface area (Å²) in [4.78, 5) is 3.90. The van der Waals surface area contributed by atoms with Gasteiger partial charge in [0.25, 0.3) is 0 Å². The highest BCUT2D eigenvalue weighted by atomic mass is 35.5. The fourth-order valence-electron chi connectivity index (χ4n) is 0.939. The van der Waals surface area contributed by atoms with Crippen LogP contribution in [-0.4, -0.2) is 14.8 Å². The molecule has 60 valence electrons. The molecule has 2 aromatic rings. The summed E-state index contributed by atoms with van der Waals surface area (Å²) in [6, 6.07) is 3.73. The van der Waals surface area contributed by atoms with Crippen molar-refractivity contribution in [3.63, 3.8) is 0 Å². The summed E-state index contributed by atoms with van der Waals surface area (Å²) in [6.07, 6.45) is 6.77. The molecule has 0 aliphatic carbocycles. The van der Waals surface area contributed by atoms with Gasteiger partial charge in [-0.3, -0.25) is 4.98 Å². The summed E-state index contributed by atoms with van der Waals surface area (Å²) in [5.74, 6) is 0. The first-order chi connectivity index (χ1) is 5.86. The summed E-state index contributed by atoms with van der Waals surface area (Å²) in [6.45, 7) is 0. The lowest BCUT2D eigenvalue weighted by molar-refractivity contribution is 0.877. The van der Waals surface area contributed by atoms with Crippen molar-refractivity contribution < 1.29 is 0 Å². The van der Waals surface area contributed by atoms with Crippen molar-refractivity contribution in [3.05, 3.63) is 41.9 Å². The highest BCUT2D eigenvalue weighted by Crippen LogP contribution is 2.09. The summed E-state index contributed by atoms with van der Waals surface area (Å²) in [5, 5.41) is 4.67. The predicted molar refractivity (Wildman–Crippen MR) is 46.4 cm³/mol. The lowest BCUT2D eigenvalue weighted by atomic mass is 10.4. The smallest absolute Gasteiger partial charge is 0.0790 e. The van der Waals surface area contributed by atoms with Crippen LogP contribution in [0.25, 0.3) is 5.69 Å². The molecule has 0 bridgehead atoms. The van der Waals surface area contributed by atoms with Crippen LogP contribution in [0.3, 0.4) is 0 Å². The van der Waals surface area contributed by atoms with E-state index in [1.165, 1.54) is 0 Å². The van der Waals surface area contributed by atoms with E-state index in [0.29, 0.717) is 5.02 Å². The molecule has 2 rings (SSSR count). The van der Waals surface area contributed by atoms with Gasteiger partial charge in [0, 0.05) is 18.6 Å². The fourth-order valence-corrected chi connectivity index (χ4v) is 1.07. The highest BCUT2D eigenvalue weighted by Gasteiger charge is 1.96. The predicted octanol–water partition coefficient (Wildman–Crippen LogP) is 1.92. The van der Waals surface area contributed by atoms with Crippen LogP contribution in [0.1, 0.15) is 0 Å². The maximum atomic E-state index is 5.71. The molecule has 4 heteroatoms. The molecule has 0 aliphatic rings. The van der Waals surface area contributed by atoms with Crippen molar-refractivity contribution in [1.29, 1.82) is 0 Å². The first-order valence-electron chi connectivity index (χ1n) is 3.47. The van der Waals surface area contributed by atoms with Crippen LogP contribution in [0, 0.1) is 0 Å². The van der Waals surface area contributed by atoms with Crippen LogP contribution in [0.5, 0.6) is 0 Å². The minimum atomic E-state index is 0.631. The second-order valence-corrected chi connectivity index (χ2v) is 2.74. The molecule has 0 atom stereocenters. The number of rotatable bonds is 1. The van der Waals surface area contributed by atoms with Crippen molar-refractivity contribution in [2.24, 2.45) is 0 Å². The van der Waals surface area contributed by atoms with E-state index in [9.17, 15) is 0 Å². The average Bonchev–Trinajstić information content (AvgIpc) is 2.54. The van der Waals surface area contributed by atoms with Gasteiger partial charge in [0.2, 0.25) is 0 Å². The van der Waals surface area contributed by atoms with E-state index >= 15 is 0 Å². The molecular formula is C8H6ClN3. The number of nitrogens with zero attached hydrogens (tertiary/aromatic N) is 3. The molecule has 2 heterocycles. The standard InChI is InChI=1S/C8H6ClN3/c9-7-5-11-12(6-7)8-1-3-10-4-2-8/h1-6H. The van der Waals surface area contributed by atoms with Crippen LogP contribution in [0.2, 0.25) is 5.02 Å². The van der Waals surface area contributed by atoms with Crippen LogP contribution >= 0.6 is 11.6 Å². The van der Waals surface area contributed by atoms with Crippen molar-refractivity contribution in [2.45, 2.75) is 0 Å². The number of halogens is 1. The summed E-state index contributed by atoms with van der Waals surface area (Å²) < 4.78 is 1.70. The van der Waals surface area contributed by atoms with Gasteiger partial charge in [-0.1, -0.05) is 11.6 Å². The van der Waals surface area contributed by atoms with E-state index in [-0.39, 0.29) is 0 Å². The molecule has 0 spiro atoms. The van der Waals surface area contributed by atoms with Crippen LogP contribution in [0.4, 0.5) is 0 Å². The van der Waals surface area contributed by atoms with Crippen molar-refractivity contribution in [3.8, 4) is 5.69 Å². The Morgan fingerprint density at radius 3 is 2.58 bits per heavy atom. The van der Waals surface area contributed by atoms with E-state index in [0.717, 1.165) is 5.69 Å². The Morgan fingerprint density at radius 2 is 2.00 bits per heavy atom. The molecule has 3 nitrogen and oxygen atoms in total. The Morgan fingerprint density at radius 1 is 1.25 bits per heavy atom. The molecule has 0 unspecified atom stereocenters. The minimum absolute atomic E-state index is 0.631. The number of hydrogen-bond acceptors (Lipinski definition) is 2. The minimum Gasteiger partial charge on any atom is -0.265 e. The number of aromatic nitrogens is 3. The van der Waals surface area contributed by atoms with Crippen molar-refractivity contribution in [1.82, 2.24) is 14.8 Å². The van der Waals surface area contributed by atoms with E-state index in [1.807, 2.05) is 12.1 Å². The maximum Gasteiger partial charge on any atom is 0.0790 e. The van der Waals surface area contributed by atoms with Gasteiger partial charge in [0.1, 0.15) is 0 Å². The average molecular weight is 180 g/mol. The van der Waals surface area contributed by atoms with Crippen LogP contribution in [0.15, 0.2) is 36.9 Å². The summed E-state index contributed by atoms with van der Waals surface area (Å²) in [7, 11) is 0. The second-order valence-electron chi connectivity index (χ2n) is 2.31. The third-order valence-electron chi connectivity index (χ3n) is 1.48. The Hall–Kier alpha value is -1.35. The molecule has 0 fully saturated rings. The zero-order valence-corrected chi connectivity index (χ0v) is 6.94. The van der Waals surface area contributed by atoms with Crippen molar-refractivity contribution >= 4 is 11.6 Å². The van der Waals surface area contributed by atoms with Gasteiger partial charge in [0.05, 0.1) is 16.9 Å². The lowest BCUT2D eigenvalue weighted by Crippen LogP contribution is -1.92. The van der Waals surface area contributed by atoms with E-state index in [4.69, 9.17) is 11.6 Å². The summed E-state index contributed by atoms with van der Waals surface area (Å²) in [5.41, 5.74) is 0.955. The highest BCUT2D eigenvalue weighted by molar-refractivity contribution is 6.30. The third-order valence-corrected chi connectivity index (χ3v) is 1.67. The number of hydrogen-bond donors (Lipinski definition) is 0. The van der Waals surface area contributed by atoms with Crippen LogP contribution in [-0.2, 0) is 0 Å². The monoisotopic (exact) mass is 179 g/mol. The molecule has 2 aromatic heterocycles. The molecule has 0 aliphatic heterocycles. The normalized spacial score (nSPS) is 10.1. The molecule has 12 heavy (non-hydrogen) atoms. The molecule has 0 saturated carbocycles. The molecule has 0 aromatic carbocycles. The molecule has 0 saturated heterocycles. The lowest BCUT2D eigenvalue weighted by Gasteiger charge is -1.97. The fraction of sp³-hybridized carbons (Fsp3) is 0. The van der Waals surface area contributed by atoms with Gasteiger partial charge in [0.15, 0.2) is 0 Å². The SMILES string of the molecule is Clc1cnn(-c2ccncc2)c1. The topological polar surface area (TPSA) is 30.7 Å². The molecule has 0 N–H and O–H groups in total. The van der Waals surface area contributed by atoms with Gasteiger partial charge in [-0.15, -0.1) is 0 Å². The Labute approximate surface area is 74.6 Å². The van der Waals surface area contributed by atoms with Gasteiger partial charge >= 0.3 is 0 Å². The van der Waals surface area contributed by atoms with E-state index in [1.54, 1.807) is 29.5 Å². The van der Waals surface area contributed by atoms with Gasteiger partial charge in [-0.25, -0.2) is 4.68 Å². The largest absolute Gasteiger partial charge is 0.265 e. The Bertz CT molecular complexity index is 369. The molecule has 0 amide bonds. The zero-order chi connectivity index (χ0) is 8.39.